The van der Waals surface area contributed by atoms with Gasteiger partial charge in [-0.25, -0.2) is 4.79 Å². The molecule has 2 rings (SSSR count). The molecule has 22 heavy (non-hydrogen) atoms. The minimum absolute atomic E-state index is 0.0225. The van der Waals surface area contributed by atoms with Crippen LogP contribution in [0.1, 0.15) is 40.0 Å². The molecule has 2 heterocycles. The highest BCUT2D eigenvalue weighted by atomic mass is 32.2. The number of likely N-dealkylation sites (tertiary alicyclic amines) is 1. The Morgan fingerprint density at radius 3 is 2.64 bits per heavy atom. The Kier molecular flexibility index (Phi) is 5.17. The van der Waals surface area contributed by atoms with E-state index in [4.69, 9.17) is 4.74 Å². The highest BCUT2D eigenvalue weighted by Crippen LogP contribution is 2.47. The number of hydrogen-bond donors (Lipinski definition) is 0. The first kappa shape index (κ1) is 16.9. The topological polar surface area (TPSA) is 70.4 Å². The Hall–Kier alpha value is -1.48. The van der Waals surface area contributed by atoms with E-state index in [9.17, 15) is 14.9 Å². The van der Waals surface area contributed by atoms with E-state index in [1.54, 1.807) is 18.7 Å². The average Bonchev–Trinajstić information content (AvgIpc) is 3.03. The molecule has 120 valence electrons. The van der Waals surface area contributed by atoms with Gasteiger partial charge in [0.2, 0.25) is 5.91 Å². The third-order valence-electron chi connectivity index (χ3n) is 4.30. The van der Waals surface area contributed by atoms with Crippen molar-refractivity contribution in [3.63, 3.8) is 0 Å². The highest BCUT2D eigenvalue weighted by Gasteiger charge is 2.49. The molecule has 0 N–H and O–H groups in total. The van der Waals surface area contributed by atoms with Crippen molar-refractivity contribution in [3.05, 3.63) is 10.5 Å². The number of carbonyl (C=O) groups is 2. The van der Waals surface area contributed by atoms with Crippen LogP contribution in [-0.4, -0.2) is 41.7 Å². The molecule has 0 spiro atoms. The number of ether oxygens (including phenoxy) is 1. The highest BCUT2D eigenvalue weighted by molar-refractivity contribution is 8.04. The van der Waals surface area contributed by atoms with Crippen LogP contribution in [0.2, 0.25) is 0 Å². The number of esters is 1. The van der Waals surface area contributed by atoms with E-state index in [1.807, 2.05) is 6.92 Å². The van der Waals surface area contributed by atoms with Gasteiger partial charge in [0.05, 0.1) is 17.6 Å². The van der Waals surface area contributed by atoms with Crippen molar-refractivity contribution >= 4 is 23.6 Å². The molecule has 0 aromatic rings. The second kappa shape index (κ2) is 6.74. The van der Waals surface area contributed by atoms with E-state index in [0.717, 1.165) is 12.8 Å². The lowest BCUT2D eigenvalue weighted by Crippen LogP contribution is -2.46. The molecule has 0 radical (unpaired) electrons. The second-order valence-electron chi connectivity index (χ2n) is 5.82. The smallest absolute Gasteiger partial charge is 0.344 e. The fraction of sp³-hybridized carbons (Fsp3) is 0.688. The van der Waals surface area contributed by atoms with Crippen molar-refractivity contribution < 1.29 is 14.3 Å². The van der Waals surface area contributed by atoms with Crippen LogP contribution in [0.25, 0.3) is 0 Å². The van der Waals surface area contributed by atoms with E-state index in [-0.39, 0.29) is 17.8 Å². The maximum atomic E-state index is 12.9. The standard InChI is InChI=1S/C16H22N2O3S/c1-4-21-14(19)13-12(3)16(10-17,9-11(2)22-13)15(20)18-7-5-6-8-18/h11H,4-9H2,1-3H3. The van der Waals surface area contributed by atoms with Crippen molar-refractivity contribution in [1.82, 2.24) is 4.90 Å². The van der Waals surface area contributed by atoms with Gasteiger partial charge in [0.25, 0.3) is 0 Å². The lowest BCUT2D eigenvalue weighted by Gasteiger charge is -2.37. The van der Waals surface area contributed by atoms with Crippen molar-refractivity contribution in [3.8, 4) is 6.07 Å². The summed E-state index contributed by atoms with van der Waals surface area (Å²) < 4.78 is 5.09. The average molecular weight is 322 g/mol. The maximum Gasteiger partial charge on any atom is 0.344 e. The van der Waals surface area contributed by atoms with Gasteiger partial charge in [-0.2, -0.15) is 5.26 Å². The molecule has 2 aliphatic rings. The number of amides is 1. The zero-order valence-corrected chi connectivity index (χ0v) is 14.2. The molecule has 0 aromatic heterocycles. The third kappa shape index (κ3) is 2.87. The van der Waals surface area contributed by atoms with E-state index in [1.165, 1.54) is 11.8 Å². The number of carbonyl (C=O) groups excluding carboxylic acids is 2. The Morgan fingerprint density at radius 2 is 2.09 bits per heavy atom. The predicted molar refractivity (Wildman–Crippen MR) is 84.9 cm³/mol. The zero-order valence-electron chi connectivity index (χ0n) is 13.3. The quantitative estimate of drug-likeness (QED) is 0.747. The molecule has 1 amide bonds. The molecular formula is C16H22N2O3S. The van der Waals surface area contributed by atoms with E-state index < -0.39 is 11.4 Å². The van der Waals surface area contributed by atoms with Gasteiger partial charge in [-0.05, 0) is 38.7 Å². The first-order valence-corrected chi connectivity index (χ1v) is 8.60. The Morgan fingerprint density at radius 1 is 1.45 bits per heavy atom. The molecule has 1 saturated heterocycles. The van der Waals surface area contributed by atoms with Crippen LogP contribution in [-0.2, 0) is 14.3 Å². The lowest BCUT2D eigenvalue weighted by atomic mass is 9.76. The fourth-order valence-corrected chi connectivity index (χ4v) is 4.36. The first-order chi connectivity index (χ1) is 10.5. The van der Waals surface area contributed by atoms with E-state index in [0.29, 0.717) is 30.0 Å². The van der Waals surface area contributed by atoms with Gasteiger partial charge in [0.15, 0.2) is 5.41 Å². The van der Waals surface area contributed by atoms with E-state index in [2.05, 4.69) is 6.07 Å². The fourth-order valence-electron chi connectivity index (χ4n) is 3.12. The summed E-state index contributed by atoms with van der Waals surface area (Å²) in [6, 6.07) is 2.23. The Bertz CT molecular complexity index is 546. The minimum atomic E-state index is -1.23. The molecule has 0 bridgehead atoms. The van der Waals surface area contributed by atoms with Gasteiger partial charge in [0, 0.05) is 18.3 Å². The minimum Gasteiger partial charge on any atom is -0.462 e. The van der Waals surface area contributed by atoms with Gasteiger partial charge in [-0.15, -0.1) is 11.8 Å². The normalized spacial score (nSPS) is 28.5. The monoisotopic (exact) mass is 322 g/mol. The van der Waals surface area contributed by atoms with Crippen LogP contribution in [0.3, 0.4) is 0 Å². The molecule has 1 fully saturated rings. The van der Waals surface area contributed by atoms with E-state index >= 15 is 0 Å². The van der Waals surface area contributed by atoms with Gasteiger partial charge < -0.3 is 9.64 Å². The van der Waals surface area contributed by atoms with Gasteiger partial charge in [-0.1, -0.05) is 6.92 Å². The summed E-state index contributed by atoms with van der Waals surface area (Å²) in [4.78, 5) is 27.3. The molecule has 2 aliphatic heterocycles. The summed E-state index contributed by atoms with van der Waals surface area (Å²) in [7, 11) is 0. The Balaban J connectivity index is 2.43. The lowest BCUT2D eigenvalue weighted by molar-refractivity contribution is -0.138. The summed E-state index contributed by atoms with van der Waals surface area (Å²) in [5.41, 5.74) is -0.676. The van der Waals surface area contributed by atoms with Crippen LogP contribution in [0.4, 0.5) is 0 Å². The summed E-state index contributed by atoms with van der Waals surface area (Å²) >= 11 is 1.40. The largest absolute Gasteiger partial charge is 0.462 e. The van der Waals surface area contributed by atoms with Crippen LogP contribution in [0.15, 0.2) is 10.5 Å². The summed E-state index contributed by atoms with van der Waals surface area (Å²) in [6.07, 6.45) is 2.40. The number of hydrogen-bond acceptors (Lipinski definition) is 5. The molecule has 5 nitrogen and oxygen atoms in total. The van der Waals surface area contributed by atoms with Crippen LogP contribution in [0.5, 0.6) is 0 Å². The molecule has 0 saturated carbocycles. The number of nitriles is 1. The summed E-state index contributed by atoms with van der Waals surface area (Å²) in [5, 5.41) is 9.82. The number of rotatable bonds is 3. The van der Waals surface area contributed by atoms with Crippen molar-refractivity contribution in [2.75, 3.05) is 19.7 Å². The maximum absolute atomic E-state index is 12.9. The van der Waals surface area contributed by atoms with Gasteiger partial charge >= 0.3 is 5.97 Å². The zero-order chi connectivity index (χ0) is 16.3. The molecule has 6 heteroatoms. The molecular weight excluding hydrogens is 300 g/mol. The summed E-state index contributed by atoms with van der Waals surface area (Å²) in [5.74, 6) is -0.579. The van der Waals surface area contributed by atoms with Gasteiger partial charge in [-0.3, -0.25) is 4.79 Å². The van der Waals surface area contributed by atoms with Crippen molar-refractivity contribution in [2.24, 2.45) is 5.41 Å². The Labute approximate surface area is 135 Å². The molecule has 0 aliphatic carbocycles. The van der Waals surface area contributed by atoms with Crippen molar-refractivity contribution in [2.45, 2.75) is 45.3 Å². The van der Waals surface area contributed by atoms with Crippen molar-refractivity contribution in [1.29, 1.82) is 5.26 Å². The summed E-state index contributed by atoms with van der Waals surface area (Å²) in [6.45, 7) is 7.10. The number of nitrogens with zero attached hydrogens (tertiary/aromatic N) is 2. The van der Waals surface area contributed by atoms with Gasteiger partial charge in [0.1, 0.15) is 0 Å². The SMILES string of the molecule is CCOC(=O)C1=C(C)C(C#N)(C(=O)N2CCCC2)CC(C)S1. The van der Waals surface area contributed by atoms with Crippen LogP contribution < -0.4 is 0 Å². The molecule has 2 unspecified atom stereocenters. The van der Waals surface area contributed by atoms with Crippen LogP contribution in [0, 0.1) is 16.7 Å². The van der Waals surface area contributed by atoms with Crippen LogP contribution >= 0.6 is 11.8 Å². The first-order valence-electron chi connectivity index (χ1n) is 7.72. The third-order valence-corrected chi connectivity index (χ3v) is 5.58. The second-order valence-corrected chi connectivity index (χ2v) is 7.27. The predicted octanol–water partition coefficient (Wildman–Crippen LogP) is 2.48. The molecule has 0 aromatic carbocycles. The molecule has 2 atom stereocenters. The number of thioether (sulfide) groups is 1.